The van der Waals surface area contributed by atoms with Crippen LogP contribution < -0.4 is 10.6 Å². The highest BCUT2D eigenvalue weighted by atomic mass is 32.2. The van der Waals surface area contributed by atoms with Crippen molar-refractivity contribution in [3.05, 3.63) is 30.1 Å². The van der Waals surface area contributed by atoms with Gasteiger partial charge in [-0.15, -0.1) is 0 Å². The van der Waals surface area contributed by atoms with Crippen molar-refractivity contribution < 1.29 is 9.59 Å². The summed E-state index contributed by atoms with van der Waals surface area (Å²) in [6.07, 6.45) is 1.47. The molecule has 7 heteroatoms. The zero-order valence-electron chi connectivity index (χ0n) is 13.7. The molecule has 3 rings (SSSR count). The van der Waals surface area contributed by atoms with Gasteiger partial charge in [-0.2, -0.15) is 11.8 Å². The third-order valence-electron chi connectivity index (χ3n) is 4.01. The summed E-state index contributed by atoms with van der Waals surface area (Å²) in [6, 6.07) is 7.53. The molecule has 0 radical (unpaired) electrons. The maximum Gasteiger partial charge on any atom is 0.243 e. The number of fused-ring (bicyclic) bond motifs is 1. The molecule has 6 nitrogen and oxygen atoms in total. The number of benzene rings is 1. The molecule has 0 bridgehead atoms. The highest BCUT2D eigenvalue weighted by molar-refractivity contribution is 7.99. The first-order valence-corrected chi connectivity index (χ1v) is 9.43. The molecule has 2 heterocycles. The maximum absolute atomic E-state index is 12.4. The number of nitrogens with one attached hydrogen (secondary N) is 2. The minimum atomic E-state index is -0.464. The number of aromatic nitrogens is 2. The van der Waals surface area contributed by atoms with Crippen LogP contribution in [0.25, 0.3) is 11.0 Å². The summed E-state index contributed by atoms with van der Waals surface area (Å²) < 4.78 is 2.15. The maximum atomic E-state index is 12.4. The molecule has 1 aliphatic heterocycles. The van der Waals surface area contributed by atoms with Crippen molar-refractivity contribution >= 4 is 34.6 Å². The van der Waals surface area contributed by atoms with E-state index in [2.05, 4.69) is 27.1 Å². The van der Waals surface area contributed by atoms with Gasteiger partial charge < -0.3 is 15.2 Å². The zero-order chi connectivity index (χ0) is 16.9. The number of nitrogens with zero attached hydrogens (tertiary/aromatic N) is 2. The molecule has 0 saturated carbocycles. The van der Waals surface area contributed by atoms with Crippen molar-refractivity contribution in [2.45, 2.75) is 38.9 Å². The third kappa shape index (κ3) is 3.72. The molecule has 0 aliphatic carbocycles. The number of amides is 2. The van der Waals surface area contributed by atoms with Crippen molar-refractivity contribution in [3.63, 3.8) is 0 Å². The number of carbonyl (C=O) groups is 2. The van der Waals surface area contributed by atoms with Gasteiger partial charge in [-0.1, -0.05) is 19.1 Å². The molecule has 1 fully saturated rings. The lowest BCUT2D eigenvalue weighted by Crippen LogP contribution is -2.47. The van der Waals surface area contributed by atoms with Crippen LogP contribution in [0.4, 0.5) is 0 Å². The van der Waals surface area contributed by atoms with Gasteiger partial charge in [0.05, 0.1) is 17.6 Å². The van der Waals surface area contributed by atoms with Gasteiger partial charge in [0.15, 0.2) is 0 Å². The fourth-order valence-corrected chi connectivity index (χ4v) is 3.81. The Morgan fingerprint density at radius 1 is 1.46 bits per heavy atom. The van der Waals surface area contributed by atoms with Crippen LogP contribution in [0.1, 0.15) is 25.6 Å². The second-order valence-electron chi connectivity index (χ2n) is 5.83. The number of hydrogen-bond acceptors (Lipinski definition) is 4. The normalized spacial score (nSPS) is 18.2. The molecule has 2 aromatic rings. The molecule has 1 aromatic heterocycles. The van der Waals surface area contributed by atoms with Crippen LogP contribution in [0, 0.1) is 0 Å². The molecule has 1 aromatic carbocycles. The van der Waals surface area contributed by atoms with Gasteiger partial charge >= 0.3 is 0 Å². The van der Waals surface area contributed by atoms with E-state index in [1.807, 2.05) is 24.3 Å². The SMILES string of the molecule is CCCn1c(CNC(=O)[C@H]2CSCCC(=O)N2)nc2ccccc21. The predicted octanol–water partition coefficient (Wildman–Crippen LogP) is 1.68. The first-order chi connectivity index (χ1) is 11.7. The van der Waals surface area contributed by atoms with Crippen molar-refractivity contribution in [3.8, 4) is 0 Å². The standard InChI is InChI=1S/C17H22N4O2S/c1-2-8-21-14-6-4-3-5-12(14)19-15(21)10-18-17(23)13-11-24-9-7-16(22)20-13/h3-6,13H,2,7-11H2,1H3,(H,18,23)(H,20,22)/t13-/m1/s1. The fraction of sp³-hybridized carbons (Fsp3) is 0.471. The predicted molar refractivity (Wildman–Crippen MR) is 95.7 cm³/mol. The highest BCUT2D eigenvalue weighted by Gasteiger charge is 2.23. The Balaban J connectivity index is 1.71. The first-order valence-electron chi connectivity index (χ1n) is 8.28. The molecule has 1 aliphatic rings. The molecule has 1 saturated heterocycles. The summed E-state index contributed by atoms with van der Waals surface area (Å²) in [7, 11) is 0. The van der Waals surface area contributed by atoms with Gasteiger partial charge in [0, 0.05) is 24.5 Å². The number of hydrogen-bond donors (Lipinski definition) is 2. The summed E-state index contributed by atoms with van der Waals surface area (Å²) in [4.78, 5) is 28.6. The number of thioether (sulfide) groups is 1. The minimum absolute atomic E-state index is 0.0571. The van der Waals surface area contributed by atoms with E-state index in [9.17, 15) is 9.59 Å². The smallest absolute Gasteiger partial charge is 0.243 e. The number of para-hydroxylation sites is 2. The Kier molecular flexibility index (Phi) is 5.40. The molecule has 2 N–H and O–H groups in total. The molecule has 1 atom stereocenters. The lowest BCUT2D eigenvalue weighted by Gasteiger charge is -2.15. The second-order valence-corrected chi connectivity index (χ2v) is 6.98. The second kappa shape index (κ2) is 7.70. The van der Waals surface area contributed by atoms with Gasteiger partial charge in [-0.05, 0) is 18.6 Å². The Morgan fingerprint density at radius 3 is 3.12 bits per heavy atom. The van der Waals surface area contributed by atoms with Crippen molar-refractivity contribution in [1.82, 2.24) is 20.2 Å². The summed E-state index contributed by atoms with van der Waals surface area (Å²) in [5, 5.41) is 5.71. The minimum Gasteiger partial charge on any atom is -0.347 e. The van der Waals surface area contributed by atoms with E-state index in [-0.39, 0.29) is 11.8 Å². The Morgan fingerprint density at radius 2 is 2.29 bits per heavy atom. The van der Waals surface area contributed by atoms with Gasteiger partial charge in [-0.25, -0.2) is 4.98 Å². The first kappa shape index (κ1) is 16.8. The van der Waals surface area contributed by atoms with Crippen molar-refractivity contribution in [2.24, 2.45) is 0 Å². The van der Waals surface area contributed by atoms with E-state index in [0.29, 0.717) is 18.7 Å². The van der Waals surface area contributed by atoms with E-state index >= 15 is 0 Å². The average Bonchev–Trinajstić information content (AvgIpc) is 2.77. The summed E-state index contributed by atoms with van der Waals surface area (Å²) >= 11 is 1.63. The number of rotatable bonds is 5. The van der Waals surface area contributed by atoms with Crippen molar-refractivity contribution in [1.29, 1.82) is 0 Å². The lowest BCUT2D eigenvalue weighted by atomic mass is 10.3. The molecule has 2 amide bonds. The van der Waals surface area contributed by atoms with Crippen LogP contribution in [-0.2, 0) is 22.7 Å². The van der Waals surface area contributed by atoms with Gasteiger partial charge in [0.1, 0.15) is 11.9 Å². The fourth-order valence-electron chi connectivity index (χ4n) is 2.84. The van der Waals surface area contributed by atoms with Crippen LogP contribution in [0.5, 0.6) is 0 Å². The molecular formula is C17H22N4O2S. The van der Waals surface area contributed by atoms with Crippen molar-refractivity contribution in [2.75, 3.05) is 11.5 Å². The van der Waals surface area contributed by atoms with Crippen LogP contribution in [-0.4, -0.2) is 38.9 Å². The van der Waals surface area contributed by atoms with Crippen LogP contribution >= 0.6 is 11.8 Å². The van der Waals surface area contributed by atoms with E-state index in [0.717, 1.165) is 35.6 Å². The Labute approximate surface area is 145 Å². The topological polar surface area (TPSA) is 76.0 Å². The van der Waals surface area contributed by atoms with Crippen LogP contribution in [0.2, 0.25) is 0 Å². The van der Waals surface area contributed by atoms with E-state index < -0.39 is 6.04 Å². The van der Waals surface area contributed by atoms with E-state index in [4.69, 9.17) is 0 Å². The van der Waals surface area contributed by atoms with Gasteiger partial charge in [0.25, 0.3) is 0 Å². The van der Waals surface area contributed by atoms with Crippen LogP contribution in [0.15, 0.2) is 24.3 Å². The molecule has 24 heavy (non-hydrogen) atoms. The quantitative estimate of drug-likeness (QED) is 0.864. The largest absolute Gasteiger partial charge is 0.347 e. The highest BCUT2D eigenvalue weighted by Crippen LogP contribution is 2.17. The van der Waals surface area contributed by atoms with Gasteiger partial charge in [-0.3, -0.25) is 9.59 Å². The summed E-state index contributed by atoms with van der Waals surface area (Å²) in [5.41, 5.74) is 2.02. The Bertz CT molecular complexity index is 743. The van der Waals surface area contributed by atoms with Gasteiger partial charge in [0.2, 0.25) is 11.8 Å². The Hall–Kier alpha value is -2.02. The van der Waals surface area contributed by atoms with E-state index in [1.54, 1.807) is 11.8 Å². The molecule has 128 valence electrons. The van der Waals surface area contributed by atoms with Crippen LogP contribution in [0.3, 0.4) is 0 Å². The summed E-state index contributed by atoms with van der Waals surface area (Å²) in [5.74, 6) is 2.02. The number of carbonyl (C=O) groups excluding carboxylic acids is 2. The molecule has 0 unspecified atom stereocenters. The zero-order valence-corrected chi connectivity index (χ0v) is 14.6. The summed E-state index contributed by atoms with van der Waals surface area (Å²) in [6.45, 7) is 3.35. The lowest BCUT2D eigenvalue weighted by molar-refractivity contribution is -0.128. The number of imidazole rings is 1. The molecule has 0 spiro atoms. The third-order valence-corrected chi connectivity index (χ3v) is 5.07. The van der Waals surface area contributed by atoms with E-state index in [1.165, 1.54) is 0 Å². The molecular weight excluding hydrogens is 324 g/mol. The average molecular weight is 346 g/mol. The monoisotopic (exact) mass is 346 g/mol. The number of aryl methyl sites for hydroxylation is 1.